The molecule has 0 radical (unpaired) electrons. The van der Waals surface area contributed by atoms with E-state index in [9.17, 15) is 18.0 Å². The van der Waals surface area contributed by atoms with Gasteiger partial charge in [0, 0.05) is 11.4 Å². The molecule has 1 atom stereocenters. The molecule has 7 heteroatoms. The lowest BCUT2D eigenvalue weighted by molar-refractivity contribution is -0.167. The summed E-state index contributed by atoms with van der Waals surface area (Å²) in [5.41, 5.74) is 0.924. The van der Waals surface area contributed by atoms with Crippen molar-refractivity contribution in [3.05, 3.63) is 77.5 Å². The second-order valence-corrected chi connectivity index (χ2v) is 6.18. The Morgan fingerprint density at radius 2 is 1.58 bits per heavy atom. The summed E-state index contributed by atoms with van der Waals surface area (Å²) in [5.74, 6) is -1.88. The fourth-order valence-corrected chi connectivity index (χ4v) is 3.33. The predicted octanol–water partition coefficient (Wildman–Crippen LogP) is 4.53. The lowest BCUT2D eigenvalue weighted by Gasteiger charge is -2.38. The van der Waals surface area contributed by atoms with Crippen LogP contribution in [0.5, 0.6) is 0 Å². The minimum absolute atomic E-state index is 0.163. The maximum absolute atomic E-state index is 13.3. The molecule has 3 nitrogen and oxygen atoms in total. The van der Waals surface area contributed by atoms with Gasteiger partial charge in [0.25, 0.3) is 5.78 Å². The highest BCUT2D eigenvalue weighted by Gasteiger charge is 2.46. The van der Waals surface area contributed by atoms with Crippen LogP contribution in [0.3, 0.4) is 0 Å². The maximum Gasteiger partial charge on any atom is 0.454 e. The van der Waals surface area contributed by atoms with Crippen LogP contribution in [0.4, 0.5) is 18.9 Å². The summed E-state index contributed by atoms with van der Waals surface area (Å²) in [5, 5.41) is 3.13. The molecule has 3 rings (SSSR count). The van der Waals surface area contributed by atoms with Crippen molar-refractivity contribution in [3.63, 3.8) is 0 Å². The zero-order valence-corrected chi connectivity index (χ0v) is 14.6. The Morgan fingerprint density at radius 1 is 1.04 bits per heavy atom. The van der Waals surface area contributed by atoms with Crippen LogP contribution in [-0.2, 0) is 4.79 Å². The van der Waals surface area contributed by atoms with E-state index in [0.717, 1.165) is 0 Å². The normalized spacial score (nSPS) is 17.9. The van der Waals surface area contributed by atoms with Gasteiger partial charge in [0.1, 0.15) is 0 Å². The van der Waals surface area contributed by atoms with Crippen molar-refractivity contribution in [1.29, 1.82) is 0 Å². The van der Waals surface area contributed by atoms with Crippen molar-refractivity contribution in [2.45, 2.75) is 19.1 Å². The first-order valence-electron chi connectivity index (χ1n) is 7.83. The Kier molecular flexibility index (Phi) is 4.82. The molecule has 1 aliphatic rings. The fraction of sp³-hybridized carbons (Fsp3) is 0.158. The van der Waals surface area contributed by atoms with E-state index in [2.05, 4.69) is 5.32 Å². The first-order valence-corrected chi connectivity index (χ1v) is 8.24. The minimum Gasteiger partial charge on any atom is -0.351 e. The molecule has 134 valence electrons. The first-order chi connectivity index (χ1) is 12.3. The lowest BCUT2D eigenvalue weighted by atomic mass is 9.91. The Morgan fingerprint density at radius 3 is 2.12 bits per heavy atom. The van der Waals surface area contributed by atoms with Gasteiger partial charge >= 0.3 is 6.18 Å². The lowest BCUT2D eigenvalue weighted by Crippen LogP contribution is -2.49. The number of Topliss-reactive ketones (excluding diaryl/α,β-unsaturated/α-hetero) is 1. The molecule has 1 heterocycles. The van der Waals surface area contributed by atoms with Gasteiger partial charge in [0.05, 0.1) is 11.6 Å². The van der Waals surface area contributed by atoms with Crippen molar-refractivity contribution < 1.29 is 18.0 Å². The summed E-state index contributed by atoms with van der Waals surface area (Å²) < 4.78 is 39.8. The van der Waals surface area contributed by atoms with Crippen LogP contribution in [0.1, 0.15) is 18.5 Å². The number of thiocarbonyl (C=S) groups is 1. The van der Waals surface area contributed by atoms with E-state index in [0.29, 0.717) is 11.3 Å². The van der Waals surface area contributed by atoms with Crippen LogP contribution < -0.4 is 10.2 Å². The second-order valence-electron chi connectivity index (χ2n) is 5.79. The molecule has 0 amide bonds. The molecule has 1 unspecified atom stereocenters. The number of rotatable bonds is 3. The number of allylic oxidation sites excluding steroid dienone is 1. The van der Waals surface area contributed by atoms with Gasteiger partial charge in [-0.05, 0) is 36.8 Å². The Labute approximate surface area is 154 Å². The maximum atomic E-state index is 13.3. The SMILES string of the molecule is CC1=C(C(=O)C(F)(F)F)C(c2ccccc2)NC(=S)N1c1ccccc1. The van der Waals surface area contributed by atoms with Crippen molar-refractivity contribution in [1.82, 2.24) is 5.32 Å². The number of ketones is 1. The van der Waals surface area contributed by atoms with Gasteiger partial charge in [-0.25, -0.2) is 0 Å². The molecule has 1 N–H and O–H groups in total. The van der Waals surface area contributed by atoms with Crippen molar-refractivity contribution >= 4 is 28.8 Å². The summed E-state index contributed by atoms with van der Waals surface area (Å²) in [6.07, 6.45) is -4.98. The summed E-state index contributed by atoms with van der Waals surface area (Å²) in [6.45, 7) is 1.48. The average molecular weight is 376 g/mol. The number of nitrogens with zero attached hydrogens (tertiary/aromatic N) is 1. The van der Waals surface area contributed by atoms with E-state index in [1.807, 2.05) is 0 Å². The van der Waals surface area contributed by atoms with E-state index in [4.69, 9.17) is 12.2 Å². The zero-order valence-electron chi connectivity index (χ0n) is 13.7. The molecule has 26 heavy (non-hydrogen) atoms. The van der Waals surface area contributed by atoms with Gasteiger partial charge < -0.3 is 5.32 Å². The molecule has 0 saturated carbocycles. The van der Waals surface area contributed by atoms with Crippen molar-refractivity contribution in [3.8, 4) is 0 Å². The van der Waals surface area contributed by atoms with E-state index in [-0.39, 0.29) is 16.4 Å². The Hall–Kier alpha value is -2.67. The van der Waals surface area contributed by atoms with E-state index in [1.54, 1.807) is 60.7 Å². The molecule has 2 aromatic rings. The van der Waals surface area contributed by atoms with Crippen LogP contribution in [0.25, 0.3) is 0 Å². The molecule has 0 aliphatic carbocycles. The van der Waals surface area contributed by atoms with E-state index in [1.165, 1.54) is 11.8 Å². The minimum atomic E-state index is -4.98. The van der Waals surface area contributed by atoms with Crippen LogP contribution >= 0.6 is 12.2 Å². The molecule has 2 aromatic carbocycles. The van der Waals surface area contributed by atoms with Crippen LogP contribution in [0, 0.1) is 0 Å². The highest BCUT2D eigenvalue weighted by atomic mass is 32.1. The zero-order chi connectivity index (χ0) is 18.9. The molecule has 0 saturated heterocycles. The largest absolute Gasteiger partial charge is 0.454 e. The summed E-state index contributed by atoms with van der Waals surface area (Å²) in [4.78, 5) is 13.7. The quantitative estimate of drug-likeness (QED) is 0.798. The summed E-state index contributed by atoms with van der Waals surface area (Å²) in [7, 11) is 0. The molecular formula is C19H15F3N2OS. The third kappa shape index (κ3) is 3.35. The highest BCUT2D eigenvalue weighted by Crippen LogP contribution is 2.37. The average Bonchev–Trinajstić information content (AvgIpc) is 2.61. The topological polar surface area (TPSA) is 32.3 Å². The smallest absolute Gasteiger partial charge is 0.351 e. The number of hydrogen-bond acceptors (Lipinski definition) is 2. The van der Waals surface area contributed by atoms with Gasteiger partial charge in [0.2, 0.25) is 0 Å². The predicted molar refractivity (Wildman–Crippen MR) is 97.6 cm³/mol. The highest BCUT2D eigenvalue weighted by molar-refractivity contribution is 7.80. The van der Waals surface area contributed by atoms with Gasteiger partial charge in [-0.2, -0.15) is 13.2 Å². The van der Waals surface area contributed by atoms with Gasteiger partial charge in [-0.15, -0.1) is 0 Å². The number of benzene rings is 2. The molecule has 0 fully saturated rings. The monoisotopic (exact) mass is 376 g/mol. The van der Waals surface area contributed by atoms with E-state index >= 15 is 0 Å². The molecule has 0 bridgehead atoms. The number of anilines is 1. The standard InChI is InChI=1S/C19H15F3N2OS/c1-12-15(17(25)19(20,21)22)16(13-8-4-2-5-9-13)23-18(26)24(12)14-10-6-3-7-11-14/h2-11,16H,1H3,(H,23,26). The number of para-hydroxylation sites is 1. The molecule has 1 aliphatic heterocycles. The van der Waals surface area contributed by atoms with Gasteiger partial charge in [-0.1, -0.05) is 48.5 Å². The van der Waals surface area contributed by atoms with E-state index < -0.39 is 18.0 Å². The number of hydrogen-bond donors (Lipinski definition) is 1. The third-order valence-corrected chi connectivity index (χ3v) is 4.43. The molecular weight excluding hydrogens is 361 g/mol. The van der Waals surface area contributed by atoms with Crippen LogP contribution in [-0.4, -0.2) is 17.1 Å². The summed E-state index contributed by atoms with van der Waals surface area (Å²) in [6, 6.07) is 16.2. The number of alkyl halides is 3. The Bertz CT molecular complexity index is 863. The first kappa shape index (κ1) is 18.1. The van der Waals surface area contributed by atoms with Crippen molar-refractivity contribution in [2.24, 2.45) is 0 Å². The molecule has 0 aromatic heterocycles. The number of halogens is 3. The van der Waals surface area contributed by atoms with Crippen LogP contribution in [0.2, 0.25) is 0 Å². The van der Waals surface area contributed by atoms with Gasteiger partial charge in [0.15, 0.2) is 5.11 Å². The summed E-state index contributed by atoms with van der Waals surface area (Å²) >= 11 is 5.38. The number of carbonyl (C=O) groups excluding carboxylic acids is 1. The molecule has 0 spiro atoms. The van der Waals surface area contributed by atoms with Crippen molar-refractivity contribution in [2.75, 3.05) is 4.90 Å². The van der Waals surface area contributed by atoms with Crippen LogP contribution in [0.15, 0.2) is 71.9 Å². The number of nitrogens with one attached hydrogen (secondary N) is 1. The third-order valence-electron chi connectivity index (χ3n) is 4.13. The Balaban J connectivity index is 2.18. The van der Waals surface area contributed by atoms with Gasteiger partial charge in [-0.3, -0.25) is 9.69 Å². The second kappa shape index (κ2) is 6.92. The fourth-order valence-electron chi connectivity index (χ4n) is 2.97. The number of carbonyl (C=O) groups is 1.